The van der Waals surface area contributed by atoms with Crippen LogP contribution in [-0.4, -0.2) is 25.0 Å². The zero-order chi connectivity index (χ0) is 10.7. The molecule has 0 aliphatic rings. The number of hydrogen-bond donors (Lipinski definition) is 2. The van der Waals surface area contributed by atoms with Crippen molar-refractivity contribution in [1.82, 2.24) is 25.0 Å². The first-order valence-electron chi connectivity index (χ1n) is 4.41. The number of nitrogen functional groups attached to an aromatic ring is 1. The van der Waals surface area contributed by atoms with Gasteiger partial charge in [0.05, 0.1) is 6.54 Å². The molecule has 0 atom stereocenters. The van der Waals surface area contributed by atoms with Crippen LogP contribution in [0, 0.1) is 0 Å². The van der Waals surface area contributed by atoms with Crippen LogP contribution in [0.1, 0.15) is 5.82 Å². The van der Waals surface area contributed by atoms with Crippen molar-refractivity contribution < 1.29 is 0 Å². The Kier molecular flexibility index (Phi) is 2.44. The maximum atomic E-state index is 5.41. The molecule has 0 saturated carbocycles. The molecule has 0 amide bonds. The molecule has 3 N–H and O–H groups in total. The largest absolute Gasteiger partial charge is 0.382 e. The molecule has 0 aliphatic carbocycles. The first-order valence-corrected chi connectivity index (χ1v) is 4.41. The van der Waals surface area contributed by atoms with Crippen molar-refractivity contribution >= 4 is 11.6 Å². The Morgan fingerprint density at radius 1 is 1.40 bits per heavy atom. The van der Waals surface area contributed by atoms with Crippen molar-refractivity contribution in [3.05, 3.63) is 24.3 Å². The summed E-state index contributed by atoms with van der Waals surface area (Å²) >= 11 is 0. The summed E-state index contributed by atoms with van der Waals surface area (Å²) in [6, 6.07) is 3.44. The van der Waals surface area contributed by atoms with E-state index in [4.69, 9.17) is 5.73 Å². The molecule has 2 heterocycles. The van der Waals surface area contributed by atoms with E-state index in [0.29, 0.717) is 24.0 Å². The molecule has 2 rings (SSSR count). The summed E-state index contributed by atoms with van der Waals surface area (Å²) in [7, 11) is 1.82. The van der Waals surface area contributed by atoms with Gasteiger partial charge in [0.2, 0.25) is 0 Å². The van der Waals surface area contributed by atoms with Crippen molar-refractivity contribution in [2.45, 2.75) is 6.54 Å². The highest BCUT2D eigenvalue weighted by atomic mass is 15.3. The molecule has 0 radical (unpaired) electrons. The number of nitrogens with zero attached hydrogens (tertiary/aromatic N) is 5. The number of hydrogen-bond acceptors (Lipinski definition) is 6. The van der Waals surface area contributed by atoms with Gasteiger partial charge in [0.25, 0.3) is 0 Å². The van der Waals surface area contributed by atoms with Crippen molar-refractivity contribution in [3.63, 3.8) is 0 Å². The van der Waals surface area contributed by atoms with Crippen LogP contribution in [0.2, 0.25) is 0 Å². The standard InChI is InChI=1S/C8H11N7/c1-15-5-11-8(14-15)4-10-7-3-2-6(9)12-13-7/h2-3,5H,4H2,1H3,(H2,9,12)(H,10,13). The quantitative estimate of drug-likeness (QED) is 0.720. The molecule has 2 aromatic rings. The summed E-state index contributed by atoms with van der Waals surface area (Å²) in [6.07, 6.45) is 1.64. The van der Waals surface area contributed by atoms with Crippen LogP contribution in [0.15, 0.2) is 18.5 Å². The fourth-order valence-corrected chi connectivity index (χ4v) is 1.07. The van der Waals surface area contributed by atoms with Crippen molar-refractivity contribution in [3.8, 4) is 0 Å². The maximum Gasteiger partial charge on any atom is 0.169 e. The lowest BCUT2D eigenvalue weighted by molar-refractivity contribution is 0.746. The van der Waals surface area contributed by atoms with Crippen LogP contribution in [0.25, 0.3) is 0 Å². The van der Waals surface area contributed by atoms with E-state index in [-0.39, 0.29) is 0 Å². The second-order valence-electron chi connectivity index (χ2n) is 3.03. The molecule has 78 valence electrons. The minimum absolute atomic E-state index is 0.400. The molecule has 7 nitrogen and oxygen atoms in total. The molecule has 7 heteroatoms. The zero-order valence-electron chi connectivity index (χ0n) is 8.25. The molecule has 0 spiro atoms. The molecule has 0 saturated heterocycles. The first-order chi connectivity index (χ1) is 7.24. The smallest absolute Gasteiger partial charge is 0.169 e. The predicted molar refractivity (Wildman–Crippen MR) is 54.8 cm³/mol. The minimum Gasteiger partial charge on any atom is -0.382 e. The van der Waals surface area contributed by atoms with Crippen molar-refractivity contribution in [2.75, 3.05) is 11.1 Å². The SMILES string of the molecule is Cn1cnc(CNc2ccc(N)nn2)n1. The molecular weight excluding hydrogens is 194 g/mol. The van der Waals surface area contributed by atoms with Gasteiger partial charge in [0.15, 0.2) is 5.82 Å². The van der Waals surface area contributed by atoms with E-state index in [2.05, 4.69) is 25.6 Å². The van der Waals surface area contributed by atoms with E-state index < -0.39 is 0 Å². The van der Waals surface area contributed by atoms with Crippen molar-refractivity contribution in [1.29, 1.82) is 0 Å². The van der Waals surface area contributed by atoms with Gasteiger partial charge in [-0.15, -0.1) is 10.2 Å². The highest BCUT2D eigenvalue weighted by Crippen LogP contribution is 2.03. The third kappa shape index (κ3) is 2.39. The average molecular weight is 205 g/mol. The molecule has 0 aromatic carbocycles. The molecule has 0 unspecified atom stereocenters. The molecule has 0 fully saturated rings. The summed E-state index contributed by atoms with van der Waals surface area (Å²) in [5, 5.41) is 14.7. The lowest BCUT2D eigenvalue weighted by Gasteiger charge is -2.01. The topological polar surface area (TPSA) is 94.5 Å². The van der Waals surface area contributed by atoms with Crippen LogP contribution in [-0.2, 0) is 13.6 Å². The van der Waals surface area contributed by atoms with E-state index in [1.165, 1.54) is 0 Å². The molecule has 0 aliphatic heterocycles. The number of nitrogens with one attached hydrogen (secondary N) is 1. The summed E-state index contributed by atoms with van der Waals surface area (Å²) in [5.41, 5.74) is 5.41. The average Bonchev–Trinajstić information content (AvgIpc) is 2.64. The summed E-state index contributed by atoms with van der Waals surface area (Å²) in [6.45, 7) is 0.513. The highest BCUT2D eigenvalue weighted by molar-refractivity contribution is 5.38. The van der Waals surface area contributed by atoms with Gasteiger partial charge in [0.1, 0.15) is 18.0 Å². The third-order valence-electron chi connectivity index (χ3n) is 1.76. The van der Waals surface area contributed by atoms with Crippen molar-refractivity contribution in [2.24, 2.45) is 7.05 Å². The van der Waals surface area contributed by atoms with Gasteiger partial charge in [-0.05, 0) is 12.1 Å². The molecular formula is C8H11N7. The fraction of sp³-hybridized carbons (Fsp3) is 0.250. The Labute approximate surface area is 86.3 Å². The van der Waals surface area contributed by atoms with Gasteiger partial charge in [-0.1, -0.05) is 0 Å². The third-order valence-corrected chi connectivity index (χ3v) is 1.76. The molecule has 0 bridgehead atoms. The second kappa shape index (κ2) is 3.91. The van der Waals surface area contributed by atoms with E-state index in [0.717, 1.165) is 0 Å². The van der Waals surface area contributed by atoms with E-state index >= 15 is 0 Å². The highest BCUT2D eigenvalue weighted by Gasteiger charge is 1.99. The number of rotatable bonds is 3. The fourth-order valence-electron chi connectivity index (χ4n) is 1.07. The van der Waals surface area contributed by atoms with Gasteiger partial charge in [-0.25, -0.2) is 4.98 Å². The summed E-state index contributed by atoms with van der Waals surface area (Å²) in [5.74, 6) is 1.75. The monoisotopic (exact) mass is 205 g/mol. The van der Waals surface area contributed by atoms with Gasteiger partial charge in [-0.2, -0.15) is 5.10 Å². The Hall–Kier alpha value is -2.18. The van der Waals surface area contributed by atoms with E-state index in [9.17, 15) is 0 Å². The molecule has 2 aromatic heterocycles. The van der Waals surface area contributed by atoms with E-state index in [1.807, 2.05) is 7.05 Å². The van der Waals surface area contributed by atoms with E-state index in [1.54, 1.807) is 23.1 Å². The lowest BCUT2D eigenvalue weighted by atomic mass is 10.5. The number of aromatic nitrogens is 5. The Bertz CT molecular complexity index is 433. The predicted octanol–water partition coefficient (Wildman–Crippen LogP) is -0.201. The summed E-state index contributed by atoms with van der Waals surface area (Å²) < 4.78 is 1.64. The Balaban J connectivity index is 1.96. The van der Waals surface area contributed by atoms with Crippen LogP contribution in [0.3, 0.4) is 0 Å². The second-order valence-corrected chi connectivity index (χ2v) is 3.03. The normalized spacial score (nSPS) is 10.2. The number of nitrogens with two attached hydrogens (primary N) is 1. The van der Waals surface area contributed by atoms with Gasteiger partial charge < -0.3 is 11.1 Å². The van der Waals surface area contributed by atoms with Crippen LogP contribution >= 0.6 is 0 Å². The first kappa shape index (κ1) is 9.38. The number of anilines is 2. The van der Waals surface area contributed by atoms with Crippen LogP contribution < -0.4 is 11.1 Å². The maximum absolute atomic E-state index is 5.41. The van der Waals surface area contributed by atoms with Gasteiger partial charge >= 0.3 is 0 Å². The Morgan fingerprint density at radius 3 is 2.87 bits per heavy atom. The zero-order valence-corrected chi connectivity index (χ0v) is 8.25. The van der Waals surface area contributed by atoms with Crippen LogP contribution in [0.4, 0.5) is 11.6 Å². The summed E-state index contributed by atoms with van der Waals surface area (Å²) in [4.78, 5) is 4.06. The van der Waals surface area contributed by atoms with Gasteiger partial charge in [-0.3, -0.25) is 4.68 Å². The van der Waals surface area contributed by atoms with Crippen LogP contribution in [0.5, 0.6) is 0 Å². The van der Waals surface area contributed by atoms with Gasteiger partial charge in [0, 0.05) is 7.05 Å². The number of aryl methyl sites for hydroxylation is 1. The molecule has 15 heavy (non-hydrogen) atoms. The minimum atomic E-state index is 0.400. The lowest BCUT2D eigenvalue weighted by Crippen LogP contribution is -2.05. The Morgan fingerprint density at radius 2 is 2.27 bits per heavy atom.